The van der Waals surface area contributed by atoms with E-state index in [0.717, 1.165) is 5.69 Å². The Hall–Kier alpha value is -2.70. The lowest BCUT2D eigenvalue weighted by Crippen LogP contribution is -2.27. The quantitative estimate of drug-likeness (QED) is 0.607. The van der Waals surface area contributed by atoms with Crippen molar-refractivity contribution in [3.05, 3.63) is 29.5 Å². The summed E-state index contributed by atoms with van der Waals surface area (Å²) in [6.45, 7) is 19.5. The van der Waals surface area contributed by atoms with Crippen molar-refractivity contribution in [1.29, 1.82) is 0 Å². The molecule has 7 heteroatoms. The Kier molecular flexibility index (Phi) is 7.63. The summed E-state index contributed by atoms with van der Waals surface area (Å²) in [6.07, 6.45) is 0. The average molecular weight is 432 g/mol. The molecule has 0 fully saturated rings. The molecule has 0 spiro atoms. The van der Waals surface area contributed by atoms with Crippen molar-refractivity contribution in [2.75, 3.05) is 25.1 Å². The molecular formula is C24H37N3O4. The number of hydrogen-bond donors (Lipinski definition) is 1. The first-order valence-electron chi connectivity index (χ1n) is 10.9. The van der Waals surface area contributed by atoms with Crippen molar-refractivity contribution in [2.45, 2.75) is 73.3 Å². The summed E-state index contributed by atoms with van der Waals surface area (Å²) in [6, 6.07) is 5.31. The lowest BCUT2D eigenvalue weighted by Gasteiger charge is -2.23. The predicted molar refractivity (Wildman–Crippen MR) is 124 cm³/mol. The predicted octanol–water partition coefficient (Wildman–Crippen LogP) is 5.38. The Bertz CT molecular complexity index is 878. The number of anilines is 1. The van der Waals surface area contributed by atoms with E-state index in [9.17, 15) is 4.79 Å². The average Bonchev–Trinajstić information content (AvgIpc) is 3.09. The van der Waals surface area contributed by atoms with Gasteiger partial charge in [0.2, 0.25) is 5.75 Å². The van der Waals surface area contributed by atoms with Crippen LogP contribution in [0.1, 0.15) is 78.4 Å². The van der Waals surface area contributed by atoms with Crippen molar-refractivity contribution in [1.82, 2.24) is 9.78 Å². The topological polar surface area (TPSA) is 74.6 Å². The molecule has 1 N–H and O–H groups in total. The van der Waals surface area contributed by atoms with Gasteiger partial charge in [-0.3, -0.25) is 4.79 Å². The third kappa shape index (κ3) is 5.93. The molecule has 0 saturated heterocycles. The van der Waals surface area contributed by atoms with Crippen LogP contribution in [0.2, 0.25) is 0 Å². The van der Waals surface area contributed by atoms with Crippen LogP contribution in [0.4, 0.5) is 5.82 Å². The Morgan fingerprint density at radius 1 is 0.903 bits per heavy atom. The SMILES string of the molecule is CCOc1cc(C(=O)Nc2cc(C(C)(C)C)nn2C(C)(C)C)cc(OCC)c1OCC. The summed E-state index contributed by atoms with van der Waals surface area (Å²) in [4.78, 5) is 13.2. The van der Waals surface area contributed by atoms with Crippen LogP contribution in [-0.4, -0.2) is 35.5 Å². The number of hydrogen-bond acceptors (Lipinski definition) is 5. The number of amides is 1. The highest BCUT2D eigenvalue weighted by Crippen LogP contribution is 2.39. The van der Waals surface area contributed by atoms with Gasteiger partial charge in [0.1, 0.15) is 5.82 Å². The molecule has 1 aromatic carbocycles. The summed E-state index contributed by atoms with van der Waals surface area (Å²) < 4.78 is 19.1. The van der Waals surface area contributed by atoms with Gasteiger partial charge >= 0.3 is 0 Å². The second-order valence-corrected chi connectivity index (χ2v) is 9.30. The minimum absolute atomic E-state index is 0.139. The highest BCUT2D eigenvalue weighted by Gasteiger charge is 2.26. The number of carbonyl (C=O) groups is 1. The van der Waals surface area contributed by atoms with Crippen molar-refractivity contribution in [3.63, 3.8) is 0 Å². The van der Waals surface area contributed by atoms with Crippen LogP contribution in [0.3, 0.4) is 0 Å². The first-order chi connectivity index (χ1) is 14.4. The van der Waals surface area contributed by atoms with E-state index in [2.05, 4.69) is 46.9 Å². The number of ether oxygens (including phenoxy) is 3. The van der Waals surface area contributed by atoms with E-state index in [4.69, 9.17) is 19.3 Å². The molecule has 1 amide bonds. The summed E-state index contributed by atoms with van der Waals surface area (Å²) in [5.41, 5.74) is 0.904. The van der Waals surface area contributed by atoms with E-state index in [0.29, 0.717) is 48.5 Å². The van der Waals surface area contributed by atoms with E-state index in [1.807, 2.05) is 31.5 Å². The third-order valence-corrected chi connectivity index (χ3v) is 4.53. The first-order valence-corrected chi connectivity index (χ1v) is 10.9. The van der Waals surface area contributed by atoms with Gasteiger partial charge in [0.15, 0.2) is 11.5 Å². The van der Waals surface area contributed by atoms with Crippen LogP contribution in [-0.2, 0) is 11.0 Å². The van der Waals surface area contributed by atoms with Crippen LogP contribution in [0, 0.1) is 0 Å². The molecule has 0 aliphatic heterocycles. The van der Waals surface area contributed by atoms with E-state index in [-0.39, 0.29) is 16.9 Å². The molecule has 2 rings (SSSR count). The van der Waals surface area contributed by atoms with Crippen LogP contribution >= 0.6 is 0 Å². The number of rotatable bonds is 8. The van der Waals surface area contributed by atoms with E-state index >= 15 is 0 Å². The molecule has 1 heterocycles. The van der Waals surface area contributed by atoms with Gasteiger partial charge < -0.3 is 19.5 Å². The largest absolute Gasteiger partial charge is 0.490 e. The van der Waals surface area contributed by atoms with E-state index in [1.54, 1.807) is 12.1 Å². The monoisotopic (exact) mass is 431 g/mol. The fourth-order valence-corrected chi connectivity index (χ4v) is 3.06. The molecular weight excluding hydrogens is 394 g/mol. The molecule has 31 heavy (non-hydrogen) atoms. The lowest BCUT2D eigenvalue weighted by atomic mass is 9.92. The number of nitrogens with zero attached hydrogens (tertiary/aromatic N) is 2. The number of nitrogens with one attached hydrogen (secondary N) is 1. The van der Waals surface area contributed by atoms with Gasteiger partial charge in [-0.2, -0.15) is 5.10 Å². The minimum atomic E-state index is -0.294. The maximum Gasteiger partial charge on any atom is 0.257 e. The molecule has 0 bridgehead atoms. The maximum absolute atomic E-state index is 13.2. The molecule has 0 atom stereocenters. The number of carbonyl (C=O) groups excluding carboxylic acids is 1. The van der Waals surface area contributed by atoms with Gasteiger partial charge in [0, 0.05) is 17.0 Å². The molecule has 7 nitrogen and oxygen atoms in total. The second-order valence-electron chi connectivity index (χ2n) is 9.30. The van der Waals surface area contributed by atoms with Crippen LogP contribution in [0.25, 0.3) is 0 Å². The van der Waals surface area contributed by atoms with Gasteiger partial charge in [0.25, 0.3) is 5.91 Å². The third-order valence-electron chi connectivity index (χ3n) is 4.53. The van der Waals surface area contributed by atoms with Crippen molar-refractivity contribution in [2.24, 2.45) is 0 Å². The highest BCUT2D eigenvalue weighted by molar-refractivity contribution is 6.04. The maximum atomic E-state index is 13.2. The molecule has 0 radical (unpaired) electrons. The van der Waals surface area contributed by atoms with Crippen molar-refractivity contribution >= 4 is 11.7 Å². The zero-order chi connectivity index (χ0) is 23.4. The van der Waals surface area contributed by atoms with Gasteiger partial charge in [-0.15, -0.1) is 0 Å². The number of aromatic nitrogens is 2. The van der Waals surface area contributed by atoms with E-state index in [1.165, 1.54) is 0 Å². The molecule has 0 aliphatic carbocycles. The highest BCUT2D eigenvalue weighted by atomic mass is 16.5. The first kappa shape index (κ1) is 24.6. The van der Waals surface area contributed by atoms with Crippen molar-refractivity contribution < 1.29 is 19.0 Å². The Labute approximate surface area is 186 Å². The standard InChI is InChI=1S/C24H37N3O4/c1-10-29-17-13-16(14-18(30-11-2)21(17)31-12-3)22(28)25-20-15-19(23(4,5)6)26-27(20)24(7,8)9/h13-15H,10-12H2,1-9H3,(H,25,28). The normalized spacial score (nSPS) is 11.9. The van der Waals surface area contributed by atoms with Crippen LogP contribution in [0.5, 0.6) is 17.2 Å². The van der Waals surface area contributed by atoms with Gasteiger partial charge in [-0.25, -0.2) is 4.68 Å². The minimum Gasteiger partial charge on any atom is -0.490 e. The van der Waals surface area contributed by atoms with Crippen molar-refractivity contribution in [3.8, 4) is 17.2 Å². The van der Waals surface area contributed by atoms with E-state index < -0.39 is 0 Å². The molecule has 0 saturated carbocycles. The molecule has 1 aromatic heterocycles. The molecule has 172 valence electrons. The zero-order valence-electron chi connectivity index (χ0n) is 20.4. The van der Waals surface area contributed by atoms with Gasteiger partial charge in [-0.1, -0.05) is 20.8 Å². The Balaban J connectivity index is 2.49. The number of benzene rings is 1. The second kappa shape index (κ2) is 9.62. The summed E-state index contributed by atoms with van der Waals surface area (Å²) in [7, 11) is 0. The molecule has 2 aromatic rings. The van der Waals surface area contributed by atoms with Gasteiger partial charge in [-0.05, 0) is 53.7 Å². The fourth-order valence-electron chi connectivity index (χ4n) is 3.06. The van der Waals surface area contributed by atoms with Gasteiger partial charge in [0.05, 0.1) is 31.1 Å². The fraction of sp³-hybridized carbons (Fsp3) is 0.583. The Morgan fingerprint density at radius 2 is 1.42 bits per heavy atom. The lowest BCUT2D eigenvalue weighted by molar-refractivity contribution is 0.102. The zero-order valence-corrected chi connectivity index (χ0v) is 20.4. The summed E-state index contributed by atoms with van der Waals surface area (Å²) in [5, 5.41) is 7.79. The van der Waals surface area contributed by atoms with Crippen LogP contribution in [0.15, 0.2) is 18.2 Å². The molecule has 0 aliphatic rings. The smallest absolute Gasteiger partial charge is 0.257 e. The summed E-state index contributed by atoms with van der Waals surface area (Å²) >= 11 is 0. The molecule has 0 unspecified atom stereocenters. The Morgan fingerprint density at radius 3 is 1.84 bits per heavy atom. The van der Waals surface area contributed by atoms with Crippen LogP contribution < -0.4 is 19.5 Å². The summed E-state index contributed by atoms with van der Waals surface area (Å²) in [5.74, 6) is 1.86.